The highest BCUT2D eigenvalue weighted by Crippen LogP contribution is 2.49. The maximum Gasteiger partial charge on any atom is 0.122 e. The van der Waals surface area contributed by atoms with Crippen LogP contribution in [0.3, 0.4) is 0 Å². The Kier molecular flexibility index (Phi) is 25.6. The fourth-order valence-corrected chi connectivity index (χ4v) is 18.2. The van der Waals surface area contributed by atoms with Gasteiger partial charge in [0.05, 0.1) is 5.41 Å². The number of phenolic OH excluding ortho intramolecular Hbond substituents is 8. The molecule has 8 heteroatoms. The fraction of sp³-hybridized carbons (Fsp3) is 0.228. The molecular formula is C114H118O8. The van der Waals surface area contributed by atoms with Crippen molar-refractivity contribution in [1.82, 2.24) is 0 Å². The Labute approximate surface area is 722 Å². The second-order valence-corrected chi connectivity index (χ2v) is 34.9. The van der Waals surface area contributed by atoms with Crippen molar-refractivity contribution in [3.63, 3.8) is 0 Å². The molecule has 16 rings (SSSR count). The van der Waals surface area contributed by atoms with E-state index in [0.29, 0.717) is 46.0 Å². The van der Waals surface area contributed by atoms with Crippen LogP contribution in [-0.4, -0.2) is 40.9 Å². The summed E-state index contributed by atoms with van der Waals surface area (Å²) in [4.78, 5) is 0. The van der Waals surface area contributed by atoms with Gasteiger partial charge in [-0.2, -0.15) is 0 Å². The molecule has 0 unspecified atom stereocenters. The molecule has 0 atom stereocenters. The summed E-state index contributed by atoms with van der Waals surface area (Å²) in [5, 5.41) is 91.6. The third-order valence-corrected chi connectivity index (χ3v) is 25.5. The lowest BCUT2D eigenvalue weighted by Crippen LogP contribution is -2.31. The number of hydrogen-bond donors (Lipinski definition) is 8. The standard InChI is InChI=1S/C32H30O2.C29H28O2.C28H34O2.C24H22O2.CH4/c1-19-13-23(14-20(2)31(19)33)17-29-25-9-5-7-11-27(25)30(28-12-8-6-10-26(28)29)18-24-15-21(3)32(34)22(4)16-24;1-19-15-25(16-20(2)27(19)30)29(23-11-7-5-8-12-23,24-13-9-6-10-14-24)26-17-21(3)28(31)22(4)18-26;1-17-13-23(14-18(2)25(17)29)27(5,6)21-9-11-22(12-10-21)28(7,8)24-15-19(3)26(30)20(4)16-24;1-13-9-19-11-17(5-7-21(19)15(3)23(13)25)18-6-8-22-16(4)24(26)14(2)10-20(22)12-18;/h5-16,33-34H,17-18H2,1-4H3;5-18,30-31H,1-4H3;9-16,29-30H,1-8H3;5-12,25-26H,1-4H3;1H4. The van der Waals surface area contributed by atoms with Crippen LogP contribution < -0.4 is 0 Å². The SMILES string of the molecule is C.Cc1cc(C(C)(C)c2ccc(C(C)(C)c3cc(C)c(O)c(C)c3)cc2)cc(C)c1O.Cc1cc(C(c2ccccc2)(c2ccccc2)c2cc(C)c(O)c(C)c2)cc(C)c1O.Cc1cc(Cc2c3ccccc3c(Cc3cc(C)c(O)c(C)c3)c3ccccc23)cc(C)c1O.Cc1cc2cc(-c3ccc4c(C)c(O)c(C)cc4c3)ccc2c(C)c1O. The average molecular weight is 1620 g/mol. The minimum atomic E-state index is -0.602. The molecule has 0 fully saturated rings. The van der Waals surface area contributed by atoms with Gasteiger partial charge in [0.1, 0.15) is 46.0 Å². The monoisotopic (exact) mass is 1610 g/mol. The van der Waals surface area contributed by atoms with E-state index in [1.54, 1.807) is 0 Å². The first-order valence-electron chi connectivity index (χ1n) is 41.8. The zero-order chi connectivity index (χ0) is 87.2. The lowest BCUT2D eigenvalue weighted by Gasteiger charge is -2.38. The summed E-state index contributed by atoms with van der Waals surface area (Å²) < 4.78 is 0. The van der Waals surface area contributed by atoms with Crippen LogP contribution in [0.4, 0.5) is 0 Å². The third kappa shape index (κ3) is 17.1. The molecule has 16 aromatic carbocycles. The van der Waals surface area contributed by atoms with Crippen LogP contribution in [0.5, 0.6) is 46.0 Å². The normalized spacial score (nSPS) is 11.5. The number of hydrogen-bond acceptors (Lipinski definition) is 8. The van der Waals surface area contributed by atoms with Crippen molar-refractivity contribution >= 4 is 43.1 Å². The Balaban J connectivity index is 0.000000149. The van der Waals surface area contributed by atoms with Crippen molar-refractivity contribution in [1.29, 1.82) is 0 Å². The van der Waals surface area contributed by atoms with E-state index in [1.165, 1.54) is 66.1 Å². The second-order valence-electron chi connectivity index (χ2n) is 34.9. The summed E-state index contributed by atoms with van der Waals surface area (Å²) in [6.45, 7) is 40.1. The lowest BCUT2D eigenvalue weighted by molar-refractivity contribution is 0.465. The average Bonchev–Trinajstić information content (AvgIpc) is 0.726. The first-order valence-corrected chi connectivity index (χ1v) is 41.8. The molecule has 0 spiro atoms. The van der Waals surface area contributed by atoms with E-state index in [2.05, 4.69) is 258 Å². The van der Waals surface area contributed by atoms with Crippen LogP contribution in [-0.2, 0) is 29.1 Å². The van der Waals surface area contributed by atoms with Crippen LogP contribution >= 0.6 is 0 Å². The molecule has 0 heterocycles. The molecule has 0 saturated heterocycles. The molecular weight excluding hydrogens is 1500 g/mol. The molecule has 122 heavy (non-hydrogen) atoms. The predicted molar refractivity (Wildman–Crippen MR) is 511 cm³/mol. The van der Waals surface area contributed by atoms with Crippen LogP contribution in [0.1, 0.15) is 191 Å². The summed E-state index contributed by atoms with van der Waals surface area (Å²) in [6, 6.07) is 89.0. The molecule has 16 aromatic rings. The van der Waals surface area contributed by atoms with E-state index in [1.807, 2.05) is 135 Å². The van der Waals surface area contributed by atoms with Crippen LogP contribution in [0.15, 0.2) is 255 Å². The van der Waals surface area contributed by atoms with E-state index in [-0.39, 0.29) is 18.3 Å². The number of fused-ring (bicyclic) bond motifs is 4. The highest BCUT2D eigenvalue weighted by atomic mass is 16.3. The van der Waals surface area contributed by atoms with Gasteiger partial charge in [-0.25, -0.2) is 0 Å². The summed E-state index contributed by atoms with van der Waals surface area (Å²) in [5.74, 6) is 2.94. The fourth-order valence-electron chi connectivity index (χ4n) is 18.2. The zero-order valence-electron chi connectivity index (χ0n) is 73.7. The molecule has 0 aromatic heterocycles. The Morgan fingerprint density at radius 3 is 0.697 bits per heavy atom. The van der Waals surface area contributed by atoms with E-state index in [9.17, 15) is 40.9 Å². The van der Waals surface area contributed by atoms with E-state index in [4.69, 9.17) is 0 Å². The zero-order valence-corrected chi connectivity index (χ0v) is 73.7. The Hall–Kier alpha value is -13.0. The maximum atomic E-state index is 10.5. The number of benzene rings is 16. The number of phenols is 8. The molecule has 0 radical (unpaired) electrons. The van der Waals surface area contributed by atoms with Crippen molar-refractivity contribution in [2.45, 2.75) is 175 Å². The molecule has 0 aliphatic carbocycles. The van der Waals surface area contributed by atoms with Crippen molar-refractivity contribution in [2.75, 3.05) is 0 Å². The van der Waals surface area contributed by atoms with Crippen LogP contribution in [0, 0.1) is 111 Å². The van der Waals surface area contributed by atoms with E-state index in [0.717, 1.165) is 157 Å². The molecule has 8 N–H and O–H groups in total. The summed E-state index contributed by atoms with van der Waals surface area (Å²) in [7, 11) is 0. The van der Waals surface area contributed by atoms with Crippen molar-refractivity contribution in [2.24, 2.45) is 0 Å². The first kappa shape index (κ1) is 88.3. The van der Waals surface area contributed by atoms with Gasteiger partial charge in [-0.15, -0.1) is 0 Å². The smallest absolute Gasteiger partial charge is 0.122 e. The number of aryl methyl sites for hydroxylation is 16. The Bertz CT molecular complexity index is 6060. The summed E-state index contributed by atoms with van der Waals surface area (Å²) >= 11 is 0. The quantitative estimate of drug-likeness (QED) is 0.0418. The molecule has 0 amide bonds. The molecule has 0 aliphatic rings. The van der Waals surface area contributed by atoms with Gasteiger partial charge in [-0.1, -0.05) is 266 Å². The highest BCUT2D eigenvalue weighted by Gasteiger charge is 2.40. The molecule has 0 saturated carbocycles. The van der Waals surface area contributed by atoms with Gasteiger partial charge in [-0.05, 0) is 358 Å². The van der Waals surface area contributed by atoms with E-state index < -0.39 is 5.41 Å². The topological polar surface area (TPSA) is 162 Å². The number of rotatable bonds is 13. The van der Waals surface area contributed by atoms with Crippen molar-refractivity contribution in [3.8, 4) is 57.1 Å². The van der Waals surface area contributed by atoms with Crippen molar-refractivity contribution < 1.29 is 40.9 Å². The molecule has 622 valence electrons. The highest BCUT2D eigenvalue weighted by molar-refractivity contribution is 6.06. The largest absolute Gasteiger partial charge is 0.507 e. The van der Waals surface area contributed by atoms with Gasteiger partial charge >= 0.3 is 0 Å². The molecule has 0 bridgehead atoms. The second kappa shape index (κ2) is 35.3. The van der Waals surface area contributed by atoms with Gasteiger partial charge in [-0.3, -0.25) is 0 Å². The first-order chi connectivity index (χ1) is 57.4. The summed E-state index contributed by atoms with van der Waals surface area (Å²) in [5.41, 5.74) is 30.1. The Morgan fingerprint density at radius 2 is 0.434 bits per heavy atom. The van der Waals surface area contributed by atoms with Gasteiger partial charge in [0.15, 0.2) is 0 Å². The Morgan fingerprint density at radius 1 is 0.205 bits per heavy atom. The van der Waals surface area contributed by atoms with Crippen LogP contribution in [0.2, 0.25) is 0 Å². The third-order valence-electron chi connectivity index (χ3n) is 25.5. The van der Waals surface area contributed by atoms with Gasteiger partial charge < -0.3 is 40.9 Å². The van der Waals surface area contributed by atoms with Gasteiger partial charge in [0, 0.05) is 10.8 Å². The lowest BCUT2D eigenvalue weighted by atomic mass is 9.64. The minimum Gasteiger partial charge on any atom is -0.507 e. The molecule has 0 aliphatic heterocycles. The minimum absolute atomic E-state index is 0. The maximum absolute atomic E-state index is 10.5. The van der Waals surface area contributed by atoms with Crippen LogP contribution in [0.25, 0.3) is 54.2 Å². The number of aromatic hydroxyl groups is 8. The van der Waals surface area contributed by atoms with Gasteiger partial charge in [0.2, 0.25) is 0 Å². The van der Waals surface area contributed by atoms with E-state index >= 15 is 0 Å². The van der Waals surface area contributed by atoms with Crippen molar-refractivity contribution in [3.05, 3.63) is 411 Å². The molecule has 8 nitrogen and oxygen atoms in total. The van der Waals surface area contributed by atoms with Gasteiger partial charge in [0.25, 0.3) is 0 Å². The predicted octanol–water partition coefficient (Wildman–Crippen LogP) is 28.5. The summed E-state index contributed by atoms with van der Waals surface area (Å²) in [6.07, 6.45) is 1.61.